The van der Waals surface area contributed by atoms with Crippen molar-refractivity contribution in [3.05, 3.63) is 132 Å². The molecule has 1 N–H and O–H groups in total. The van der Waals surface area contributed by atoms with E-state index < -0.39 is 12.3 Å². The number of hydrogen-bond acceptors (Lipinski definition) is 2. The predicted molar refractivity (Wildman–Crippen MR) is 141 cm³/mol. The highest BCUT2D eigenvalue weighted by atomic mass is 31.2. The first-order valence-corrected chi connectivity index (χ1v) is 13.3. The largest absolute Gasteiger partial charge is 0.349 e. The maximum absolute atomic E-state index is 15.3. The van der Waals surface area contributed by atoms with Gasteiger partial charge in [-0.1, -0.05) is 121 Å². The fraction of sp³-hybridized carbons (Fsp3) is 0.167. The van der Waals surface area contributed by atoms with Crippen molar-refractivity contribution in [2.45, 2.75) is 31.5 Å². The molecule has 0 aliphatic carbocycles. The average molecular weight is 468 g/mol. The molecule has 0 spiro atoms. The van der Waals surface area contributed by atoms with E-state index in [2.05, 4.69) is 5.32 Å². The number of benzene rings is 4. The lowest BCUT2D eigenvalue weighted by molar-refractivity contribution is -0.124. The maximum Gasteiger partial charge on any atom is 0.234 e. The third kappa shape index (κ3) is 4.62. The summed E-state index contributed by atoms with van der Waals surface area (Å²) in [6.07, 6.45) is 0.349. The number of amides is 1. The van der Waals surface area contributed by atoms with Crippen LogP contribution in [0, 0.1) is 0 Å². The molecular weight excluding hydrogens is 437 g/mol. The Bertz CT molecular complexity index is 1220. The SMILES string of the molecule is C[C@H](NC(=O)[C@](C)(Cc1ccccc1)P(=O)(c1ccccc1)c1ccccc1)c1ccccc1. The summed E-state index contributed by atoms with van der Waals surface area (Å²) in [7, 11) is -3.43. The van der Waals surface area contributed by atoms with Crippen LogP contribution in [0.1, 0.15) is 31.0 Å². The van der Waals surface area contributed by atoms with E-state index in [4.69, 9.17) is 0 Å². The van der Waals surface area contributed by atoms with Gasteiger partial charge in [-0.05, 0) is 31.4 Å². The number of nitrogens with one attached hydrogen (secondary N) is 1. The lowest BCUT2D eigenvalue weighted by Crippen LogP contribution is -2.50. The van der Waals surface area contributed by atoms with Crippen molar-refractivity contribution in [3.8, 4) is 0 Å². The summed E-state index contributed by atoms with van der Waals surface area (Å²) in [6.45, 7) is 3.82. The lowest BCUT2D eigenvalue weighted by Gasteiger charge is -2.38. The zero-order chi connectivity index (χ0) is 24.0. The molecule has 0 aliphatic rings. The van der Waals surface area contributed by atoms with Crippen molar-refractivity contribution < 1.29 is 9.36 Å². The van der Waals surface area contributed by atoms with E-state index in [1.807, 2.05) is 135 Å². The molecule has 0 bridgehead atoms. The van der Waals surface area contributed by atoms with Crippen LogP contribution in [-0.2, 0) is 15.8 Å². The van der Waals surface area contributed by atoms with E-state index in [9.17, 15) is 4.79 Å². The van der Waals surface area contributed by atoms with Gasteiger partial charge in [0.25, 0.3) is 0 Å². The first kappa shape index (κ1) is 23.7. The van der Waals surface area contributed by atoms with E-state index in [-0.39, 0.29) is 11.9 Å². The van der Waals surface area contributed by atoms with Crippen LogP contribution in [0.4, 0.5) is 0 Å². The first-order chi connectivity index (χ1) is 16.4. The average Bonchev–Trinajstić information content (AvgIpc) is 2.90. The van der Waals surface area contributed by atoms with Crippen LogP contribution < -0.4 is 15.9 Å². The molecule has 3 nitrogen and oxygen atoms in total. The minimum absolute atomic E-state index is 0.219. The van der Waals surface area contributed by atoms with Gasteiger partial charge in [-0.3, -0.25) is 4.79 Å². The summed E-state index contributed by atoms with van der Waals surface area (Å²) in [5.41, 5.74) is 1.98. The second-order valence-electron chi connectivity index (χ2n) is 8.82. The van der Waals surface area contributed by atoms with Gasteiger partial charge in [0.15, 0.2) is 7.14 Å². The quantitative estimate of drug-likeness (QED) is 0.329. The van der Waals surface area contributed by atoms with Gasteiger partial charge in [0.05, 0.1) is 6.04 Å². The van der Waals surface area contributed by atoms with Gasteiger partial charge in [0.2, 0.25) is 5.91 Å². The molecule has 2 atom stereocenters. The number of rotatable bonds is 8. The van der Waals surface area contributed by atoms with Crippen molar-refractivity contribution in [1.29, 1.82) is 0 Å². The van der Waals surface area contributed by atoms with Gasteiger partial charge >= 0.3 is 0 Å². The van der Waals surface area contributed by atoms with Crippen molar-refractivity contribution in [2.75, 3.05) is 0 Å². The van der Waals surface area contributed by atoms with Gasteiger partial charge in [0.1, 0.15) is 5.16 Å². The minimum atomic E-state index is -3.43. The number of carbonyl (C=O) groups is 1. The summed E-state index contributed by atoms with van der Waals surface area (Å²) in [5.74, 6) is -0.219. The van der Waals surface area contributed by atoms with Crippen LogP contribution in [0.2, 0.25) is 0 Å². The van der Waals surface area contributed by atoms with Crippen molar-refractivity contribution >= 4 is 23.7 Å². The van der Waals surface area contributed by atoms with Crippen molar-refractivity contribution in [1.82, 2.24) is 5.32 Å². The van der Waals surface area contributed by atoms with Crippen LogP contribution >= 0.6 is 7.14 Å². The van der Waals surface area contributed by atoms with E-state index in [1.54, 1.807) is 0 Å². The molecule has 0 heterocycles. The zero-order valence-electron chi connectivity index (χ0n) is 19.6. The Labute approximate surface area is 202 Å². The molecule has 4 rings (SSSR count). The van der Waals surface area contributed by atoms with E-state index >= 15 is 4.57 Å². The highest BCUT2D eigenvalue weighted by Crippen LogP contribution is 2.57. The Morgan fingerprint density at radius 1 is 0.735 bits per heavy atom. The molecule has 172 valence electrons. The Morgan fingerprint density at radius 3 is 1.62 bits per heavy atom. The van der Waals surface area contributed by atoms with Crippen molar-refractivity contribution in [2.24, 2.45) is 0 Å². The molecule has 0 unspecified atom stereocenters. The molecule has 0 aliphatic heterocycles. The second kappa shape index (κ2) is 10.2. The highest BCUT2D eigenvalue weighted by molar-refractivity contribution is 7.80. The fourth-order valence-electron chi connectivity index (χ4n) is 4.50. The van der Waals surface area contributed by atoms with Crippen molar-refractivity contribution in [3.63, 3.8) is 0 Å². The lowest BCUT2D eigenvalue weighted by atomic mass is 9.98. The molecule has 0 saturated heterocycles. The molecule has 0 saturated carbocycles. The van der Waals surface area contributed by atoms with E-state index in [1.165, 1.54) is 0 Å². The molecule has 4 aromatic rings. The molecule has 4 heteroatoms. The van der Waals surface area contributed by atoms with Gasteiger partial charge in [-0.25, -0.2) is 0 Å². The fourth-order valence-corrected chi connectivity index (χ4v) is 7.88. The molecule has 0 aromatic heterocycles. The zero-order valence-corrected chi connectivity index (χ0v) is 20.5. The van der Waals surface area contributed by atoms with Gasteiger partial charge in [0, 0.05) is 10.6 Å². The first-order valence-electron chi connectivity index (χ1n) is 11.6. The molecule has 4 aromatic carbocycles. The molecule has 1 amide bonds. The van der Waals surface area contributed by atoms with Gasteiger partial charge in [-0.2, -0.15) is 0 Å². The standard InChI is InChI=1S/C30H30NO2P/c1-24(26-17-9-4-10-18-26)31-29(32)30(2,23-25-15-7-3-8-16-25)34(33,27-19-11-5-12-20-27)28-21-13-6-14-22-28/h3-22,24H,23H2,1-2H3,(H,31,32)/t24-,30-/m0/s1. The Hall–Kier alpha value is -3.42. The maximum atomic E-state index is 15.3. The van der Waals surface area contributed by atoms with Crippen LogP contribution in [-0.4, -0.2) is 11.1 Å². The van der Waals surface area contributed by atoms with Crippen LogP contribution in [0.5, 0.6) is 0 Å². The summed E-state index contributed by atoms with van der Waals surface area (Å²) in [5, 5.41) is 3.35. The summed E-state index contributed by atoms with van der Waals surface area (Å²) < 4.78 is 15.3. The summed E-state index contributed by atoms with van der Waals surface area (Å²) in [6, 6.07) is 38.4. The second-order valence-corrected chi connectivity index (χ2v) is 12.1. The van der Waals surface area contributed by atoms with Gasteiger partial charge in [-0.15, -0.1) is 0 Å². The highest BCUT2D eigenvalue weighted by Gasteiger charge is 2.52. The third-order valence-corrected chi connectivity index (χ3v) is 10.3. The smallest absolute Gasteiger partial charge is 0.234 e. The van der Waals surface area contributed by atoms with Crippen LogP contribution in [0.3, 0.4) is 0 Å². The summed E-state index contributed by atoms with van der Waals surface area (Å²) >= 11 is 0. The number of hydrogen-bond donors (Lipinski definition) is 1. The van der Waals surface area contributed by atoms with Crippen LogP contribution in [0.25, 0.3) is 0 Å². The van der Waals surface area contributed by atoms with E-state index in [0.29, 0.717) is 17.0 Å². The monoisotopic (exact) mass is 467 g/mol. The normalized spacial score (nSPS) is 14.1. The Kier molecular flexibility index (Phi) is 7.14. The molecular formula is C30H30NO2P. The third-order valence-electron chi connectivity index (χ3n) is 6.46. The minimum Gasteiger partial charge on any atom is -0.349 e. The predicted octanol–water partition coefficient (Wildman–Crippen LogP) is 5.88. The molecule has 0 radical (unpaired) electrons. The summed E-state index contributed by atoms with van der Waals surface area (Å²) in [4.78, 5) is 14.2. The Balaban J connectivity index is 1.86. The number of carbonyl (C=O) groups excluding carboxylic acids is 1. The van der Waals surface area contributed by atoms with E-state index in [0.717, 1.165) is 11.1 Å². The Morgan fingerprint density at radius 2 is 1.15 bits per heavy atom. The molecule has 0 fully saturated rings. The molecule has 34 heavy (non-hydrogen) atoms. The van der Waals surface area contributed by atoms with Crippen LogP contribution in [0.15, 0.2) is 121 Å². The van der Waals surface area contributed by atoms with Gasteiger partial charge < -0.3 is 9.88 Å². The topological polar surface area (TPSA) is 46.2 Å².